The molecule has 7 heteroatoms. The highest BCUT2D eigenvalue weighted by Crippen LogP contribution is 2.47. The number of sulfonamides is 1. The summed E-state index contributed by atoms with van der Waals surface area (Å²) >= 11 is 0. The van der Waals surface area contributed by atoms with Crippen LogP contribution in [0.1, 0.15) is 28.9 Å². The summed E-state index contributed by atoms with van der Waals surface area (Å²) in [6.07, 6.45) is 3.31. The van der Waals surface area contributed by atoms with Gasteiger partial charge in [-0.15, -0.1) is 0 Å². The van der Waals surface area contributed by atoms with E-state index < -0.39 is 15.9 Å². The summed E-state index contributed by atoms with van der Waals surface area (Å²) in [5, 5.41) is 0. The van der Waals surface area contributed by atoms with Crippen LogP contribution in [0.3, 0.4) is 0 Å². The summed E-state index contributed by atoms with van der Waals surface area (Å²) in [6, 6.07) is 11.2. The molecule has 0 radical (unpaired) electrons. The van der Waals surface area contributed by atoms with Crippen LogP contribution in [0.5, 0.6) is 0 Å². The Labute approximate surface area is 135 Å². The lowest BCUT2D eigenvalue weighted by Crippen LogP contribution is -2.32. The van der Waals surface area contributed by atoms with Gasteiger partial charge in [0, 0.05) is 25.2 Å². The maximum absolute atomic E-state index is 12.4. The van der Waals surface area contributed by atoms with E-state index in [9.17, 15) is 13.2 Å². The van der Waals surface area contributed by atoms with E-state index in [0.717, 1.165) is 18.4 Å². The largest absolute Gasteiger partial charge is 0.364 e. The number of carbonyl (C=O) groups excluding carboxylic acids is 1. The highest BCUT2D eigenvalue weighted by molar-refractivity contribution is 7.89. The van der Waals surface area contributed by atoms with Crippen molar-refractivity contribution in [1.82, 2.24) is 9.29 Å². The minimum atomic E-state index is -3.68. The third-order valence-corrected chi connectivity index (χ3v) is 5.75. The van der Waals surface area contributed by atoms with Gasteiger partial charge in [-0.2, -0.15) is 0 Å². The van der Waals surface area contributed by atoms with Crippen molar-refractivity contribution < 1.29 is 13.2 Å². The van der Waals surface area contributed by atoms with Gasteiger partial charge in [-0.25, -0.2) is 13.1 Å². The second kappa shape index (κ2) is 5.50. The number of rotatable bonds is 6. The molecule has 1 heterocycles. The second-order valence-corrected chi connectivity index (χ2v) is 7.77. The van der Waals surface area contributed by atoms with Gasteiger partial charge in [-0.05, 0) is 24.5 Å². The zero-order valence-corrected chi connectivity index (χ0v) is 13.6. The van der Waals surface area contributed by atoms with E-state index in [-0.39, 0.29) is 16.0 Å². The molecule has 1 aliphatic carbocycles. The molecule has 3 N–H and O–H groups in total. The van der Waals surface area contributed by atoms with E-state index in [4.69, 9.17) is 5.73 Å². The van der Waals surface area contributed by atoms with E-state index in [2.05, 4.69) is 4.72 Å². The Hall–Kier alpha value is -2.12. The fourth-order valence-corrected chi connectivity index (χ4v) is 3.95. The quantitative estimate of drug-likeness (QED) is 0.830. The zero-order chi connectivity index (χ0) is 16.7. The van der Waals surface area contributed by atoms with Crippen molar-refractivity contribution in [1.29, 1.82) is 0 Å². The molecule has 1 saturated carbocycles. The molecule has 1 aromatic carbocycles. The van der Waals surface area contributed by atoms with Gasteiger partial charge in [-0.1, -0.05) is 30.3 Å². The number of aryl methyl sites for hydroxylation is 1. The van der Waals surface area contributed by atoms with Gasteiger partial charge in [-0.3, -0.25) is 4.79 Å². The van der Waals surface area contributed by atoms with Crippen molar-refractivity contribution in [2.24, 2.45) is 12.8 Å². The molecule has 0 atom stereocenters. The summed E-state index contributed by atoms with van der Waals surface area (Å²) in [5.74, 6) is -0.656. The maximum Gasteiger partial charge on any atom is 0.265 e. The molecule has 0 saturated heterocycles. The molecule has 0 spiro atoms. The van der Waals surface area contributed by atoms with E-state index in [1.54, 1.807) is 7.05 Å². The highest BCUT2D eigenvalue weighted by Gasteiger charge is 2.44. The summed E-state index contributed by atoms with van der Waals surface area (Å²) in [5.41, 5.74) is 6.42. The van der Waals surface area contributed by atoms with Gasteiger partial charge >= 0.3 is 0 Å². The third-order valence-electron chi connectivity index (χ3n) is 4.38. The first-order valence-electron chi connectivity index (χ1n) is 7.35. The van der Waals surface area contributed by atoms with Crippen LogP contribution in [0, 0.1) is 0 Å². The fourth-order valence-electron chi connectivity index (χ4n) is 2.75. The number of nitrogens with two attached hydrogens (primary N) is 1. The normalized spacial score (nSPS) is 16.2. The minimum Gasteiger partial charge on any atom is -0.364 e. The van der Waals surface area contributed by atoms with Crippen LogP contribution in [0.15, 0.2) is 47.5 Å². The summed E-state index contributed by atoms with van der Waals surface area (Å²) < 4.78 is 29.0. The van der Waals surface area contributed by atoms with Gasteiger partial charge in [0.05, 0.1) is 0 Å². The number of primary amides is 1. The number of hydrogen-bond acceptors (Lipinski definition) is 3. The number of nitrogens with zero attached hydrogens (tertiary/aromatic N) is 1. The number of hydrogen-bond donors (Lipinski definition) is 2. The van der Waals surface area contributed by atoms with Crippen molar-refractivity contribution in [3.63, 3.8) is 0 Å². The monoisotopic (exact) mass is 333 g/mol. The molecule has 122 valence electrons. The van der Waals surface area contributed by atoms with Crippen LogP contribution < -0.4 is 10.5 Å². The Bertz CT molecular complexity index is 837. The third kappa shape index (κ3) is 3.02. The standard InChI is InChI=1S/C16H19N3O3S/c1-19-10-13(9-14(19)15(17)20)23(21,22)18-11-16(7-8-16)12-5-3-2-4-6-12/h2-6,9-10,18H,7-8,11H2,1H3,(H2,17,20). The van der Waals surface area contributed by atoms with Crippen molar-refractivity contribution in [3.8, 4) is 0 Å². The van der Waals surface area contributed by atoms with E-state index in [1.165, 1.54) is 16.8 Å². The van der Waals surface area contributed by atoms with Crippen molar-refractivity contribution >= 4 is 15.9 Å². The molecular formula is C16H19N3O3S. The molecule has 6 nitrogen and oxygen atoms in total. The molecule has 23 heavy (non-hydrogen) atoms. The van der Waals surface area contributed by atoms with Crippen LogP contribution >= 0.6 is 0 Å². The van der Waals surface area contributed by atoms with Crippen LogP contribution in [0.2, 0.25) is 0 Å². The highest BCUT2D eigenvalue weighted by atomic mass is 32.2. The SMILES string of the molecule is Cn1cc(S(=O)(=O)NCC2(c3ccccc3)CC2)cc1C(N)=O. The summed E-state index contributed by atoms with van der Waals surface area (Å²) in [7, 11) is -2.09. The predicted octanol–water partition coefficient (Wildman–Crippen LogP) is 1.13. The lowest BCUT2D eigenvalue weighted by Gasteiger charge is -2.16. The number of amides is 1. The topological polar surface area (TPSA) is 94.2 Å². The van der Waals surface area contributed by atoms with Crippen LogP contribution in [-0.4, -0.2) is 25.4 Å². The average molecular weight is 333 g/mol. The van der Waals surface area contributed by atoms with Crippen LogP contribution in [0.4, 0.5) is 0 Å². The Morgan fingerprint density at radius 2 is 1.96 bits per heavy atom. The maximum atomic E-state index is 12.4. The van der Waals surface area contributed by atoms with Gasteiger partial charge in [0.1, 0.15) is 10.6 Å². The Kier molecular flexibility index (Phi) is 3.77. The summed E-state index contributed by atoms with van der Waals surface area (Å²) in [6.45, 7) is 0.347. The van der Waals surface area contributed by atoms with E-state index in [0.29, 0.717) is 6.54 Å². The molecule has 1 aliphatic rings. The first kappa shape index (κ1) is 15.8. The molecule has 3 rings (SSSR count). The molecule has 0 bridgehead atoms. The molecule has 1 fully saturated rings. The number of aromatic nitrogens is 1. The van der Waals surface area contributed by atoms with Crippen molar-refractivity contribution in [3.05, 3.63) is 53.9 Å². The second-order valence-electron chi connectivity index (χ2n) is 6.01. The predicted molar refractivity (Wildman–Crippen MR) is 86.5 cm³/mol. The lowest BCUT2D eigenvalue weighted by atomic mass is 9.96. The first-order chi connectivity index (χ1) is 10.8. The summed E-state index contributed by atoms with van der Waals surface area (Å²) in [4.78, 5) is 11.3. The van der Waals surface area contributed by atoms with E-state index in [1.807, 2.05) is 30.3 Å². The Balaban J connectivity index is 1.78. The smallest absolute Gasteiger partial charge is 0.265 e. The minimum absolute atomic E-state index is 0.0534. The van der Waals surface area contributed by atoms with Crippen molar-refractivity contribution in [2.45, 2.75) is 23.2 Å². The average Bonchev–Trinajstić information content (AvgIpc) is 3.21. The van der Waals surface area contributed by atoms with Crippen LogP contribution in [0.25, 0.3) is 0 Å². The van der Waals surface area contributed by atoms with Gasteiger partial charge in [0.15, 0.2) is 0 Å². The molecule has 0 aliphatic heterocycles. The first-order valence-corrected chi connectivity index (χ1v) is 8.84. The van der Waals surface area contributed by atoms with Gasteiger partial charge in [0.25, 0.3) is 5.91 Å². The van der Waals surface area contributed by atoms with Gasteiger partial charge in [0.2, 0.25) is 10.0 Å². The van der Waals surface area contributed by atoms with Gasteiger partial charge < -0.3 is 10.3 Å². The van der Waals surface area contributed by atoms with E-state index >= 15 is 0 Å². The molecule has 2 aromatic rings. The molecular weight excluding hydrogens is 314 g/mol. The zero-order valence-electron chi connectivity index (χ0n) is 12.8. The number of carbonyl (C=O) groups is 1. The fraction of sp³-hybridized carbons (Fsp3) is 0.312. The Morgan fingerprint density at radius 3 is 2.48 bits per heavy atom. The number of benzene rings is 1. The van der Waals surface area contributed by atoms with Crippen molar-refractivity contribution in [2.75, 3.05) is 6.54 Å². The molecule has 0 unspecified atom stereocenters. The number of nitrogens with one attached hydrogen (secondary N) is 1. The Morgan fingerprint density at radius 1 is 1.30 bits per heavy atom. The molecule has 1 aromatic heterocycles. The lowest BCUT2D eigenvalue weighted by molar-refractivity contribution is 0.0992. The molecule has 1 amide bonds. The van der Waals surface area contributed by atoms with Crippen LogP contribution in [-0.2, 0) is 22.5 Å².